The fourth-order valence-electron chi connectivity index (χ4n) is 2.91. The number of pyridine rings is 1. The molecule has 1 aromatic heterocycles. The third-order valence-corrected chi connectivity index (χ3v) is 4.69. The molecule has 1 amide bonds. The number of alkyl halides is 3. The predicted octanol–water partition coefficient (Wildman–Crippen LogP) is 5.80. The summed E-state index contributed by atoms with van der Waals surface area (Å²) in [7, 11) is 0. The maximum absolute atomic E-state index is 13.0. The lowest BCUT2D eigenvalue weighted by atomic mass is 10.1. The number of hydrogen-bond acceptors (Lipinski definition) is 3. The highest BCUT2D eigenvalue weighted by Gasteiger charge is 2.40. The molecular formula is C20H20ClF3N2O2. The first-order valence-electron chi connectivity index (χ1n) is 8.77. The summed E-state index contributed by atoms with van der Waals surface area (Å²) in [5, 5.41) is 2.43. The summed E-state index contributed by atoms with van der Waals surface area (Å²) in [5.41, 5.74) is 0.0238. The Labute approximate surface area is 166 Å². The molecule has 0 bridgehead atoms. The van der Waals surface area contributed by atoms with Gasteiger partial charge in [0.25, 0.3) is 0 Å². The quantitative estimate of drug-likeness (QED) is 0.693. The van der Waals surface area contributed by atoms with Gasteiger partial charge in [0.15, 0.2) is 0 Å². The zero-order chi connectivity index (χ0) is 20.7. The number of carbonyl (C=O) groups is 1. The number of aromatic nitrogens is 1. The van der Waals surface area contributed by atoms with Crippen molar-refractivity contribution in [1.29, 1.82) is 0 Å². The first-order chi connectivity index (χ1) is 13.0. The van der Waals surface area contributed by atoms with Crippen LogP contribution in [0.25, 0.3) is 11.3 Å². The van der Waals surface area contributed by atoms with Crippen LogP contribution >= 0.6 is 11.6 Å². The van der Waals surface area contributed by atoms with E-state index in [0.717, 1.165) is 18.1 Å². The summed E-state index contributed by atoms with van der Waals surface area (Å²) in [5.74, 6) is 0.103. The van der Waals surface area contributed by atoms with Crippen molar-refractivity contribution in [2.24, 2.45) is 0 Å². The molecule has 2 aromatic rings. The summed E-state index contributed by atoms with van der Waals surface area (Å²) in [6.07, 6.45) is -2.64. The van der Waals surface area contributed by atoms with Crippen molar-refractivity contribution in [3.05, 3.63) is 52.7 Å². The molecule has 1 aromatic carbocycles. The van der Waals surface area contributed by atoms with E-state index in [1.165, 1.54) is 12.1 Å². The van der Waals surface area contributed by atoms with Crippen LogP contribution in [0.3, 0.4) is 0 Å². The van der Waals surface area contributed by atoms with Gasteiger partial charge < -0.3 is 10.1 Å². The van der Waals surface area contributed by atoms with Crippen LogP contribution in [0.4, 0.5) is 18.0 Å². The van der Waals surface area contributed by atoms with E-state index in [0.29, 0.717) is 5.69 Å². The lowest BCUT2D eigenvalue weighted by Gasteiger charge is -2.19. The van der Waals surface area contributed by atoms with E-state index in [9.17, 15) is 18.0 Å². The van der Waals surface area contributed by atoms with Crippen LogP contribution in [-0.4, -0.2) is 22.7 Å². The second kappa shape index (κ2) is 7.28. The van der Waals surface area contributed by atoms with E-state index in [4.69, 9.17) is 16.3 Å². The molecule has 1 N–H and O–H groups in total. The van der Waals surface area contributed by atoms with Gasteiger partial charge in [0.1, 0.15) is 5.60 Å². The Balaban J connectivity index is 1.70. The smallest absolute Gasteiger partial charge is 0.417 e. The lowest BCUT2D eigenvalue weighted by Crippen LogP contribution is -2.34. The lowest BCUT2D eigenvalue weighted by molar-refractivity contribution is -0.137. The Kier molecular flexibility index (Phi) is 5.32. The van der Waals surface area contributed by atoms with Crippen LogP contribution < -0.4 is 5.32 Å². The average molecular weight is 413 g/mol. The van der Waals surface area contributed by atoms with Crippen LogP contribution in [0.1, 0.15) is 44.2 Å². The predicted molar refractivity (Wildman–Crippen MR) is 100 cm³/mol. The van der Waals surface area contributed by atoms with Gasteiger partial charge in [-0.3, -0.25) is 4.98 Å². The number of ether oxygens (including phenoxy) is 1. The highest BCUT2D eigenvalue weighted by atomic mass is 35.5. The standard InChI is InChI=1S/C20H20ClF3N2O2/c1-19(2,3)28-18(27)26-16-9-13(16)11-7-8-15(25-10-11)12-5-4-6-14(17(12)21)20(22,23)24/h4-8,10,13,16H,9H2,1-3H3,(H,26,27)/t13-,16+/m0/s1. The molecule has 1 aliphatic rings. The molecule has 8 heteroatoms. The minimum absolute atomic E-state index is 0.0420. The summed E-state index contributed by atoms with van der Waals surface area (Å²) in [6, 6.07) is 7.14. The van der Waals surface area contributed by atoms with E-state index in [2.05, 4.69) is 10.3 Å². The number of nitrogens with one attached hydrogen (secondary N) is 1. The maximum Gasteiger partial charge on any atom is 0.417 e. The van der Waals surface area contributed by atoms with Gasteiger partial charge >= 0.3 is 12.3 Å². The topological polar surface area (TPSA) is 51.2 Å². The van der Waals surface area contributed by atoms with Crippen molar-refractivity contribution < 1.29 is 22.7 Å². The first kappa shape index (κ1) is 20.5. The Hall–Kier alpha value is -2.28. The van der Waals surface area contributed by atoms with Crippen molar-refractivity contribution in [2.45, 2.75) is 50.9 Å². The second-order valence-corrected chi connectivity index (χ2v) is 8.11. The number of benzene rings is 1. The van der Waals surface area contributed by atoms with Gasteiger partial charge in [-0.1, -0.05) is 29.8 Å². The van der Waals surface area contributed by atoms with Crippen molar-refractivity contribution in [2.75, 3.05) is 0 Å². The normalized spacial score (nSPS) is 19.2. The third kappa shape index (κ3) is 4.76. The number of rotatable bonds is 3. The average Bonchev–Trinajstić information content (AvgIpc) is 3.31. The number of halogens is 4. The molecule has 1 saturated carbocycles. The van der Waals surface area contributed by atoms with Gasteiger partial charge in [-0.25, -0.2) is 4.79 Å². The Morgan fingerprint density at radius 2 is 1.93 bits per heavy atom. The minimum atomic E-state index is -4.53. The maximum atomic E-state index is 13.0. The zero-order valence-electron chi connectivity index (χ0n) is 15.6. The van der Waals surface area contributed by atoms with E-state index in [1.807, 2.05) is 0 Å². The van der Waals surface area contributed by atoms with E-state index < -0.39 is 23.4 Å². The number of hydrogen-bond donors (Lipinski definition) is 1. The fourth-order valence-corrected chi connectivity index (χ4v) is 3.24. The van der Waals surface area contributed by atoms with Gasteiger partial charge in [-0.15, -0.1) is 0 Å². The monoisotopic (exact) mass is 412 g/mol. The molecule has 3 rings (SSSR count). The molecule has 0 saturated heterocycles. The molecule has 0 unspecified atom stereocenters. The molecule has 1 fully saturated rings. The molecule has 0 spiro atoms. The Bertz CT molecular complexity index is 877. The van der Waals surface area contributed by atoms with Crippen molar-refractivity contribution in [3.63, 3.8) is 0 Å². The highest BCUT2D eigenvalue weighted by molar-refractivity contribution is 6.34. The zero-order valence-corrected chi connectivity index (χ0v) is 16.4. The van der Waals surface area contributed by atoms with Crippen LogP contribution in [-0.2, 0) is 10.9 Å². The van der Waals surface area contributed by atoms with Crippen molar-refractivity contribution in [3.8, 4) is 11.3 Å². The van der Waals surface area contributed by atoms with Crippen molar-refractivity contribution >= 4 is 17.7 Å². The number of carbonyl (C=O) groups excluding carboxylic acids is 1. The molecular weight excluding hydrogens is 393 g/mol. The Morgan fingerprint density at radius 3 is 2.50 bits per heavy atom. The molecule has 1 heterocycles. The fraction of sp³-hybridized carbons (Fsp3) is 0.400. The van der Waals surface area contributed by atoms with Gasteiger partial charge in [-0.2, -0.15) is 13.2 Å². The van der Waals surface area contributed by atoms with Crippen molar-refractivity contribution in [1.82, 2.24) is 10.3 Å². The van der Waals surface area contributed by atoms with Crippen LogP contribution in [0.5, 0.6) is 0 Å². The summed E-state index contributed by atoms with van der Waals surface area (Å²) < 4.78 is 44.3. The first-order valence-corrected chi connectivity index (χ1v) is 9.15. The molecule has 150 valence electrons. The molecule has 2 atom stereocenters. The third-order valence-electron chi connectivity index (χ3n) is 4.29. The number of alkyl carbamates (subject to hydrolysis) is 1. The molecule has 0 aliphatic heterocycles. The summed E-state index contributed by atoms with van der Waals surface area (Å²) >= 11 is 5.95. The number of nitrogens with zero attached hydrogens (tertiary/aromatic N) is 1. The van der Waals surface area contributed by atoms with Crippen LogP contribution in [0.15, 0.2) is 36.5 Å². The van der Waals surface area contributed by atoms with Gasteiger partial charge in [0.2, 0.25) is 0 Å². The van der Waals surface area contributed by atoms with E-state index >= 15 is 0 Å². The SMILES string of the molecule is CC(C)(C)OC(=O)N[C@@H]1C[C@H]1c1ccc(-c2cccc(C(F)(F)F)c2Cl)nc1. The van der Waals surface area contributed by atoms with Gasteiger partial charge in [0.05, 0.1) is 16.3 Å². The largest absolute Gasteiger partial charge is 0.444 e. The highest BCUT2D eigenvalue weighted by Crippen LogP contribution is 2.42. The van der Waals surface area contributed by atoms with Gasteiger partial charge in [0, 0.05) is 23.7 Å². The summed E-state index contributed by atoms with van der Waals surface area (Å²) in [4.78, 5) is 16.1. The molecule has 4 nitrogen and oxygen atoms in total. The molecule has 0 radical (unpaired) electrons. The Morgan fingerprint density at radius 1 is 1.21 bits per heavy atom. The van der Waals surface area contributed by atoms with Crippen LogP contribution in [0.2, 0.25) is 5.02 Å². The molecule has 28 heavy (non-hydrogen) atoms. The summed E-state index contributed by atoms with van der Waals surface area (Å²) in [6.45, 7) is 5.37. The van der Waals surface area contributed by atoms with Crippen LogP contribution in [0, 0.1) is 0 Å². The molecule has 1 aliphatic carbocycles. The minimum Gasteiger partial charge on any atom is -0.444 e. The van der Waals surface area contributed by atoms with Gasteiger partial charge in [-0.05, 0) is 44.9 Å². The van der Waals surface area contributed by atoms with E-state index in [1.54, 1.807) is 39.1 Å². The number of amides is 1. The van der Waals surface area contributed by atoms with E-state index in [-0.39, 0.29) is 22.5 Å². The second-order valence-electron chi connectivity index (χ2n) is 7.74.